The van der Waals surface area contributed by atoms with E-state index in [4.69, 9.17) is 9.47 Å². The average molecular weight is 364 g/mol. The van der Waals surface area contributed by atoms with Crippen LogP contribution in [0.1, 0.15) is 36.9 Å². The van der Waals surface area contributed by atoms with E-state index in [-0.39, 0.29) is 18.2 Å². The molecule has 2 aliphatic heterocycles. The normalized spacial score (nSPS) is 21.4. The maximum atomic E-state index is 12.8. The van der Waals surface area contributed by atoms with Crippen molar-refractivity contribution in [2.45, 2.75) is 44.4 Å². The number of nitrogens with zero attached hydrogens (tertiary/aromatic N) is 2. The van der Waals surface area contributed by atoms with Gasteiger partial charge < -0.3 is 9.47 Å². The quantitative estimate of drug-likeness (QED) is 0.805. The zero-order valence-electron chi connectivity index (χ0n) is 15.5. The molecule has 2 bridgehead atoms. The standard InChI is InChI=1S/C22H24N2O3/c1-26-21-12-6-11-20(23-21)17-13-18-9-5-10-19(14-17)24(18)22(25)27-15-16-7-3-2-4-8-16/h2-4,6-8,11-13,18-19H,5,9-10,14-15H2,1H3. The second kappa shape index (κ2) is 7.82. The van der Waals surface area contributed by atoms with Crippen LogP contribution < -0.4 is 4.74 Å². The molecular formula is C22H24N2O3. The fourth-order valence-electron chi connectivity index (χ4n) is 4.01. The van der Waals surface area contributed by atoms with E-state index in [2.05, 4.69) is 11.1 Å². The second-order valence-electron chi connectivity index (χ2n) is 7.06. The zero-order valence-corrected chi connectivity index (χ0v) is 15.5. The number of fused-ring (bicyclic) bond motifs is 2. The second-order valence-corrected chi connectivity index (χ2v) is 7.06. The molecule has 0 radical (unpaired) electrons. The summed E-state index contributed by atoms with van der Waals surface area (Å²) in [7, 11) is 1.63. The van der Waals surface area contributed by atoms with Gasteiger partial charge in [0, 0.05) is 12.1 Å². The summed E-state index contributed by atoms with van der Waals surface area (Å²) in [5.41, 5.74) is 3.13. The van der Waals surface area contributed by atoms with E-state index in [1.54, 1.807) is 7.11 Å². The summed E-state index contributed by atoms with van der Waals surface area (Å²) in [6.45, 7) is 0.309. The van der Waals surface area contributed by atoms with Gasteiger partial charge in [0.2, 0.25) is 5.88 Å². The van der Waals surface area contributed by atoms with E-state index in [1.165, 1.54) is 5.57 Å². The molecule has 0 N–H and O–H groups in total. The number of rotatable bonds is 4. The number of benzene rings is 1. The minimum Gasteiger partial charge on any atom is -0.481 e. The molecule has 1 aromatic heterocycles. The molecule has 2 aliphatic rings. The summed E-state index contributed by atoms with van der Waals surface area (Å²) >= 11 is 0. The predicted octanol–water partition coefficient (Wildman–Crippen LogP) is 4.44. The Hall–Kier alpha value is -2.82. The zero-order chi connectivity index (χ0) is 18.6. The molecule has 4 rings (SSSR count). The molecule has 3 heterocycles. The molecule has 2 atom stereocenters. The number of hydrogen-bond donors (Lipinski definition) is 0. The molecule has 1 aromatic carbocycles. The van der Waals surface area contributed by atoms with Crippen LogP contribution >= 0.6 is 0 Å². The molecule has 2 unspecified atom stereocenters. The van der Waals surface area contributed by atoms with Gasteiger partial charge in [0.15, 0.2) is 0 Å². The van der Waals surface area contributed by atoms with Crippen LogP contribution in [0.5, 0.6) is 5.88 Å². The SMILES string of the molecule is COc1cccc(C2=CC3CCCC(C2)N3C(=O)OCc2ccccc2)n1. The van der Waals surface area contributed by atoms with Crippen LogP contribution in [0.25, 0.3) is 5.57 Å². The number of carbonyl (C=O) groups is 1. The number of methoxy groups -OCH3 is 1. The fraction of sp³-hybridized carbons (Fsp3) is 0.364. The molecule has 5 nitrogen and oxygen atoms in total. The molecule has 1 saturated heterocycles. The third-order valence-corrected chi connectivity index (χ3v) is 5.31. The maximum Gasteiger partial charge on any atom is 0.410 e. The first-order valence-electron chi connectivity index (χ1n) is 9.46. The van der Waals surface area contributed by atoms with Gasteiger partial charge in [0.05, 0.1) is 18.8 Å². The Morgan fingerprint density at radius 3 is 2.78 bits per heavy atom. The molecule has 2 aromatic rings. The Morgan fingerprint density at radius 2 is 2.00 bits per heavy atom. The molecule has 0 spiro atoms. The number of carbonyl (C=O) groups excluding carboxylic acids is 1. The van der Waals surface area contributed by atoms with Crippen molar-refractivity contribution in [1.82, 2.24) is 9.88 Å². The molecular weight excluding hydrogens is 340 g/mol. The average Bonchev–Trinajstić information content (AvgIpc) is 2.72. The van der Waals surface area contributed by atoms with Crippen LogP contribution in [0, 0.1) is 0 Å². The van der Waals surface area contributed by atoms with Gasteiger partial charge in [-0.05, 0) is 42.9 Å². The Balaban J connectivity index is 1.50. The lowest BCUT2D eigenvalue weighted by Crippen LogP contribution is -2.51. The van der Waals surface area contributed by atoms with Crippen LogP contribution in [0.15, 0.2) is 54.6 Å². The molecule has 0 aliphatic carbocycles. The van der Waals surface area contributed by atoms with Gasteiger partial charge in [-0.25, -0.2) is 9.78 Å². The summed E-state index contributed by atoms with van der Waals surface area (Å²) in [6, 6.07) is 15.9. The van der Waals surface area contributed by atoms with Crippen molar-refractivity contribution >= 4 is 11.7 Å². The van der Waals surface area contributed by atoms with Gasteiger partial charge in [-0.2, -0.15) is 0 Å². The summed E-state index contributed by atoms with van der Waals surface area (Å²) in [5.74, 6) is 0.614. The lowest BCUT2D eigenvalue weighted by molar-refractivity contribution is 0.0510. The van der Waals surface area contributed by atoms with Crippen molar-refractivity contribution in [2.24, 2.45) is 0 Å². The van der Waals surface area contributed by atoms with E-state index < -0.39 is 0 Å². The third kappa shape index (κ3) is 3.82. The monoisotopic (exact) mass is 364 g/mol. The minimum absolute atomic E-state index is 0.0729. The topological polar surface area (TPSA) is 51.7 Å². The van der Waals surface area contributed by atoms with Crippen molar-refractivity contribution in [1.29, 1.82) is 0 Å². The fourth-order valence-corrected chi connectivity index (χ4v) is 4.01. The smallest absolute Gasteiger partial charge is 0.410 e. The number of pyridine rings is 1. The van der Waals surface area contributed by atoms with E-state index in [0.717, 1.165) is 36.9 Å². The number of ether oxygens (including phenoxy) is 2. The Kier molecular flexibility index (Phi) is 5.10. The van der Waals surface area contributed by atoms with Crippen molar-refractivity contribution in [3.05, 3.63) is 65.9 Å². The molecule has 140 valence electrons. The number of piperidine rings is 1. The highest BCUT2D eigenvalue weighted by atomic mass is 16.6. The van der Waals surface area contributed by atoms with Gasteiger partial charge in [-0.1, -0.05) is 42.5 Å². The van der Waals surface area contributed by atoms with Crippen molar-refractivity contribution < 1.29 is 14.3 Å². The van der Waals surface area contributed by atoms with Gasteiger partial charge in [0.1, 0.15) is 6.61 Å². The van der Waals surface area contributed by atoms with Crippen LogP contribution in [-0.4, -0.2) is 35.2 Å². The van der Waals surface area contributed by atoms with E-state index in [1.807, 2.05) is 53.4 Å². The van der Waals surface area contributed by atoms with Crippen LogP contribution in [0.4, 0.5) is 4.79 Å². The van der Waals surface area contributed by atoms with Gasteiger partial charge in [-0.3, -0.25) is 4.90 Å². The third-order valence-electron chi connectivity index (χ3n) is 5.31. The van der Waals surface area contributed by atoms with Crippen molar-refractivity contribution in [3.63, 3.8) is 0 Å². The largest absolute Gasteiger partial charge is 0.481 e. The maximum absolute atomic E-state index is 12.8. The highest BCUT2D eigenvalue weighted by molar-refractivity contribution is 5.73. The van der Waals surface area contributed by atoms with Crippen LogP contribution in [0.3, 0.4) is 0 Å². The summed E-state index contributed by atoms with van der Waals surface area (Å²) < 4.78 is 10.9. The van der Waals surface area contributed by atoms with E-state index in [9.17, 15) is 4.79 Å². The predicted molar refractivity (Wildman–Crippen MR) is 103 cm³/mol. The highest BCUT2D eigenvalue weighted by Gasteiger charge is 2.38. The van der Waals surface area contributed by atoms with Crippen molar-refractivity contribution in [3.8, 4) is 5.88 Å². The number of hydrogen-bond acceptors (Lipinski definition) is 4. The van der Waals surface area contributed by atoms with Crippen LogP contribution in [0.2, 0.25) is 0 Å². The Bertz CT molecular complexity index is 834. The lowest BCUT2D eigenvalue weighted by atomic mass is 9.84. The van der Waals surface area contributed by atoms with Crippen LogP contribution in [-0.2, 0) is 11.3 Å². The highest BCUT2D eigenvalue weighted by Crippen LogP contribution is 2.37. The molecule has 1 fully saturated rings. The Morgan fingerprint density at radius 1 is 1.15 bits per heavy atom. The van der Waals surface area contributed by atoms with Gasteiger partial charge >= 0.3 is 6.09 Å². The van der Waals surface area contributed by atoms with Crippen molar-refractivity contribution in [2.75, 3.05) is 7.11 Å². The number of aromatic nitrogens is 1. The number of amides is 1. The Labute approximate surface area is 159 Å². The first-order valence-corrected chi connectivity index (χ1v) is 9.46. The van der Waals surface area contributed by atoms with Gasteiger partial charge in [0.25, 0.3) is 0 Å². The molecule has 5 heteroatoms. The van der Waals surface area contributed by atoms with E-state index in [0.29, 0.717) is 12.5 Å². The summed E-state index contributed by atoms with van der Waals surface area (Å²) in [6.07, 6.45) is 5.86. The first-order chi connectivity index (χ1) is 13.2. The van der Waals surface area contributed by atoms with Gasteiger partial charge in [-0.15, -0.1) is 0 Å². The molecule has 0 saturated carbocycles. The minimum atomic E-state index is -0.220. The molecule has 27 heavy (non-hydrogen) atoms. The summed E-state index contributed by atoms with van der Waals surface area (Å²) in [4.78, 5) is 19.3. The lowest BCUT2D eigenvalue weighted by Gasteiger charge is -2.44. The summed E-state index contributed by atoms with van der Waals surface area (Å²) in [5, 5.41) is 0. The first kappa shape index (κ1) is 17.6. The molecule has 1 amide bonds. The van der Waals surface area contributed by atoms with E-state index >= 15 is 0 Å².